The van der Waals surface area contributed by atoms with Crippen molar-refractivity contribution in [3.05, 3.63) is 0 Å². The maximum absolute atomic E-state index is 10.4. The summed E-state index contributed by atoms with van der Waals surface area (Å²) in [6, 6.07) is 0. The lowest BCUT2D eigenvalue weighted by molar-refractivity contribution is -0.365. The van der Waals surface area contributed by atoms with Crippen LogP contribution < -0.4 is 0 Å². The van der Waals surface area contributed by atoms with Crippen molar-refractivity contribution < 1.29 is 14.2 Å². The number of amides is 2. The van der Waals surface area contributed by atoms with E-state index in [2.05, 4.69) is 6.72 Å². The summed E-state index contributed by atoms with van der Waals surface area (Å²) < 4.78 is 0.917. The highest BCUT2D eigenvalue weighted by atomic mass is 16.2. The second-order valence-electron chi connectivity index (χ2n) is 1.72. The first-order valence-electron chi connectivity index (χ1n) is 2.38. The van der Waals surface area contributed by atoms with Crippen molar-refractivity contribution in [1.82, 2.24) is 0 Å². The molecule has 1 heterocycles. The van der Waals surface area contributed by atoms with Gasteiger partial charge >= 0.3 is 11.8 Å². The minimum atomic E-state index is -0.171. The molecule has 3 nitrogen and oxygen atoms in total. The van der Waals surface area contributed by atoms with Crippen LogP contribution in [0.1, 0.15) is 12.8 Å². The van der Waals surface area contributed by atoms with Crippen molar-refractivity contribution in [2.45, 2.75) is 12.8 Å². The topological polar surface area (TPSA) is 37.1 Å². The van der Waals surface area contributed by atoms with Crippen molar-refractivity contribution in [2.24, 2.45) is 0 Å². The molecular formula is C5H6NO2+. The predicted molar refractivity (Wildman–Crippen MR) is 26.6 cm³/mol. The number of nitrogens with zero attached hydrogens (tertiary/aromatic N) is 1. The van der Waals surface area contributed by atoms with Crippen molar-refractivity contribution in [2.75, 3.05) is 0 Å². The Morgan fingerprint density at radius 2 is 1.62 bits per heavy atom. The fraction of sp³-hybridized carbons (Fsp3) is 0.400. The van der Waals surface area contributed by atoms with Crippen LogP contribution in [-0.2, 0) is 9.59 Å². The zero-order valence-electron chi connectivity index (χ0n) is 4.39. The van der Waals surface area contributed by atoms with Crippen LogP contribution in [0.2, 0.25) is 0 Å². The van der Waals surface area contributed by atoms with Crippen molar-refractivity contribution in [3.8, 4) is 0 Å². The lowest BCUT2D eigenvalue weighted by atomic mass is 10.4. The van der Waals surface area contributed by atoms with E-state index >= 15 is 0 Å². The Labute approximate surface area is 46.6 Å². The van der Waals surface area contributed by atoms with E-state index in [4.69, 9.17) is 0 Å². The molecule has 1 rings (SSSR count). The van der Waals surface area contributed by atoms with Gasteiger partial charge in [-0.2, -0.15) is 0 Å². The smallest absolute Gasteiger partial charge is 0.219 e. The quantitative estimate of drug-likeness (QED) is 0.314. The Morgan fingerprint density at radius 3 is 1.75 bits per heavy atom. The van der Waals surface area contributed by atoms with Crippen LogP contribution in [0.25, 0.3) is 0 Å². The van der Waals surface area contributed by atoms with Gasteiger partial charge in [0.05, 0.1) is 12.8 Å². The van der Waals surface area contributed by atoms with Gasteiger partial charge in [-0.15, -0.1) is 4.58 Å². The maximum Gasteiger partial charge on any atom is 0.395 e. The summed E-state index contributed by atoms with van der Waals surface area (Å²) >= 11 is 0. The lowest BCUT2D eigenvalue weighted by Gasteiger charge is -1.74. The molecule has 0 unspecified atom stereocenters. The molecule has 0 aromatic rings. The lowest BCUT2D eigenvalue weighted by Crippen LogP contribution is -2.14. The van der Waals surface area contributed by atoms with E-state index in [0.717, 1.165) is 4.58 Å². The van der Waals surface area contributed by atoms with Crippen LogP contribution in [0.3, 0.4) is 0 Å². The second-order valence-corrected chi connectivity index (χ2v) is 1.72. The molecule has 1 saturated heterocycles. The summed E-state index contributed by atoms with van der Waals surface area (Å²) in [4.78, 5) is 20.9. The van der Waals surface area contributed by atoms with Crippen molar-refractivity contribution >= 4 is 18.5 Å². The summed E-state index contributed by atoms with van der Waals surface area (Å²) in [7, 11) is 0. The van der Waals surface area contributed by atoms with E-state index in [1.165, 1.54) is 0 Å². The fourth-order valence-corrected chi connectivity index (χ4v) is 0.623. The number of hydrogen-bond donors (Lipinski definition) is 0. The van der Waals surface area contributed by atoms with Crippen LogP contribution in [0.15, 0.2) is 0 Å². The number of rotatable bonds is 0. The van der Waals surface area contributed by atoms with E-state index in [1.807, 2.05) is 0 Å². The summed E-state index contributed by atoms with van der Waals surface area (Å²) in [6.45, 7) is 3.23. The zero-order valence-corrected chi connectivity index (χ0v) is 4.39. The van der Waals surface area contributed by atoms with E-state index in [0.29, 0.717) is 12.8 Å². The SMILES string of the molecule is C=[N+]1C(=O)CCC1=O. The summed E-state index contributed by atoms with van der Waals surface area (Å²) in [5, 5.41) is 0. The molecular weight excluding hydrogens is 106 g/mol. The number of carbonyl (C=O) groups excluding carboxylic acids is 2. The largest absolute Gasteiger partial charge is 0.395 e. The molecule has 0 atom stereocenters. The second kappa shape index (κ2) is 1.51. The third-order valence-corrected chi connectivity index (χ3v) is 1.15. The summed E-state index contributed by atoms with van der Waals surface area (Å²) in [5.41, 5.74) is 0. The van der Waals surface area contributed by atoms with Crippen LogP contribution in [-0.4, -0.2) is 23.1 Å². The van der Waals surface area contributed by atoms with Gasteiger partial charge in [0, 0.05) is 0 Å². The Bertz CT molecular complexity index is 153. The summed E-state index contributed by atoms with van der Waals surface area (Å²) in [6.07, 6.45) is 0.671. The number of hydrogen-bond acceptors (Lipinski definition) is 2. The zero-order chi connectivity index (χ0) is 6.15. The summed E-state index contributed by atoms with van der Waals surface area (Å²) in [5.74, 6) is -0.343. The monoisotopic (exact) mass is 112 g/mol. The predicted octanol–water partition coefficient (Wildman–Crippen LogP) is -0.454. The molecule has 42 valence electrons. The molecule has 0 aliphatic carbocycles. The van der Waals surface area contributed by atoms with Crippen molar-refractivity contribution in [1.29, 1.82) is 0 Å². The van der Waals surface area contributed by atoms with E-state index in [9.17, 15) is 9.59 Å². The molecule has 8 heavy (non-hydrogen) atoms. The Balaban J connectivity index is 2.86. The van der Waals surface area contributed by atoms with Gasteiger partial charge in [0.1, 0.15) is 6.72 Å². The van der Waals surface area contributed by atoms with E-state index in [-0.39, 0.29) is 11.8 Å². The van der Waals surface area contributed by atoms with Crippen LogP contribution in [0, 0.1) is 0 Å². The highest BCUT2D eigenvalue weighted by Crippen LogP contribution is 2.03. The van der Waals surface area contributed by atoms with E-state index < -0.39 is 0 Å². The Morgan fingerprint density at radius 1 is 1.25 bits per heavy atom. The standard InChI is InChI=1S/C5H6NO2/c1-6-4(7)2-3-5(6)8/h1-3H2/q+1. The highest BCUT2D eigenvalue weighted by molar-refractivity contribution is 5.90. The van der Waals surface area contributed by atoms with Gasteiger partial charge < -0.3 is 0 Å². The fourth-order valence-electron chi connectivity index (χ4n) is 0.623. The van der Waals surface area contributed by atoms with Gasteiger partial charge in [0.15, 0.2) is 0 Å². The van der Waals surface area contributed by atoms with Gasteiger partial charge in [-0.3, -0.25) is 0 Å². The molecule has 0 bridgehead atoms. The highest BCUT2D eigenvalue weighted by Gasteiger charge is 2.32. The molecule has 3 heteroatoms. The molecule has 0 aromatic heterocycles. The third-order valence-electron chi connectivity index (χ3n) is 1.15. The molecule has 0 saturated carbocycles. The first kappa shape index (κ1) is 5.15. The molecule has 1 aliphatic heterocycles. The molecule has 0 spiro atoms. The van der Waals surface area contributed by atoms with Gasteiger partial charge in [-0.25, -0.2) is 9.59 Å². The maximum atomic E-state index is 10.4. The first-order chi connectivity index (χ1) is 3.72. The Kier molecular flexibility index (Phi) is 0.970. The van der Waals surface area contributed by atoms with Gasteiger partial charge in [0.25, 0.3) is 0 Å². The van der Waals surface area contributed by atoms with Crippen LogP contribution in [0.4, 0.5) is 0 Å². The first-order valence-corrected chi connectivity index (χ1v) is 2.38. The molecule has 0 aromatic carbocycles. The number of carbonyl (C=O) groups is 2. The van der Waals surface area contributed by atoms with E-state index in [1.54, 1.807) is 0 Å². The van der Waals surface area contributed by atoms with Gasteiger partial charge in [-0.1, -0.05) is 0 Å². The molecule has 2 amide bonds. The molecule has 1 aliphatic rings. The van der Waals surface area contributed by atoms with Gasteiger partial charge in [0.2, 0.25) is 0 Å². The third kappa shape index (κ3) is 0.559. The van der Waals surface area contributed by atoms with Crippen LogP contribution >= 0.6 is 0 Å². The molecule has 0 N–H and O–H groups in total. The molecule has 1 fully saturated rings. The average Bonchev–Trinajstić information content (AvgIpc) is 1.98. The normalized spacial score (nSPS) is 20.2. The Hall–Kier alpha value is -0.990. The number of imide groups is 1. The minimum Gasteiger partial charge on any atom is -0.219 e. The molecule has 0 radical (unpaired) electrons. The van der Waals surface area contributed by atoms with Gasteiger partial charge in [-0.05, 0) is 0 Å². The van der Waals surface area contributed by atoms with Crippen molar-refractivity contribution in [3.63, 3.8) is 0 Å². The van der Waals surface area contributed by atoms with Crippen LogP contribution in [0.5, 0.6) is 0 Å². The average molecular weight is 112 g/mol. The minimum absolute atomic E-state index is 0.171.